The molecule has 2 aromatic rings. The van der Waals surface area contributed by atoms with Crippen molar-refractivity contribution in [3.63, 3.8) is 0 Å². The highest BCUT2D eigenvalue weighted by molar-refractivity contribution is 7.07. The van der Waals surface area contributed by atoms with Gasteiger partial charge in [0.1, 0.15) is 18.5 Å². The minimum atomic E-state index is -0.490. The molecule has 4 heteroatoms. The molecule has 0 spiro atoms. The van der Waals surface area contributed by atoms with Crippen molar-refractivity contribution < 1.29 is 9.84 Å². The van der Waals surface area contributed by atoms with Gasteiger partial charge in [-0.05, 0) is 59.8 Å². The van der Waals surface area contributed by atoms with Gasteiger partial charge in [0.15, 0.2) is 0 Å². The highest BCUT2D eigenvalue weighted by atomic mass is 32.1. The smallest absolute Gasteiger partial charge is 0.122 e. The Labute approximate surface area is 149 Å². The topological polar surface area (TPSA) is 32.7 Å². The normalized spacial score (nSPS) is 12.8. The largest absolute Gasteiger partial charge is 0.491 e. The van der Waals surface area contributed by atoms with Gasteiger partial charge in [-0.25, -0.2) is 0 Å². The van der Waals surface area contributed by atoms with Gasteiger partial charge in [0, 0.05) is 13.1 Å². The lowest BCUT2D eigenvalue weighted by Crippen LogP contribution is -2.36. The van der Waals surface area contributed by atoms with Crippen LogP contribution in [0.25, 0.3) is 0 Å². The molecule has 24 heavy (non-hydrogen) atoms. The molecule has 1 aromatic heterocycles. The third-order valence-electron chi connectivity index (χ3n) is 4.00. The summed E-state index contributed by atoms with van der Waals surface area (Å²) in [5, 5.41) is 14.7. The summed E-state index contributed by atoms with van der Waals surface area (Å²) in [7, 11) is 0. The van der Waals surface area contributed by atoms with Crippen molar-refractivity contribution in [1.29, 1.82) is 0 Å². The summed E-state index contributed by atoms with van der Waals surface area (Å²) in [6.07, 6.45) is 0.644. The maximum Gasteiger partial charge on any atom is 0.122 e. The van der Waals surface area contributed by atoms with E-state index in [1.54, 1.807) is 11.3 Å². The molecule has 3 nitrogen and oxygen atoms in total. The number of benzene rings is 1. The van der Waals surface area contributed by atoms with Crippen molar-refractivity contribution >= 4 is 11.3 Å². The molecule has 1 N–H and O–H groups in total. The Balaban J connectivity index is 1.85. The summed E-state index contributed by atoms with van der Waals surface area (Å²) in [4.78, 5) is 2.33. The fraction of sp³-hybridized carbons (Fsp3) is 0.500. The van der Waals surface area contributed by atoms with Gasteiger partial charge in [0.2, 0.25) is 0 Å². The van der Waals surface area contributed by atoms with Crippen LogP contribution in [0.3, 0.4) is 0 Å². The Hall–Kier alpha value is -1.36. The molecule has 0 fully saturated rings. The lowest BCUT2D eigenvalue weighted by Gasteiger charge is -2.25. The zero-order valence-electron chi connectivity index (χ0n) is 14.9. The van der Waals surface area contributed by atoms with Crippen molar-refractivity contribution in [3.8, 4) is 5.75 Å². The first kappa shape index (κ1) is 19.0. The highest BCUT2D eigenvalue weighted by Gasteiger charge is 2.14. The molecule has 1 aromatic carbocycles. The number of rotatable bonds is 10. The molecule has 1 unspecified atom stereocenters. The van der Waals surface area contributed by atoms with E-state index in [2.05, 4.69) is 35.6 Å². The van der Waals surface area contributed by atoms with Crippen LogP contribution >= 0.6 is 11.3 Å². The Morgan fingerprint density at radius 3 is 2.67 bits per heavy atom. The van der Waals surface area contributed by atoms with Crippen molar-refractivity contribution in [2.45, 2.75) is 39.8 Å². The Morgan fingerprint density at radius 1 is 1.21 bits per heavy atom. The first-order valence-corrected chi connectivity index (χ1v) is 9.58. The number of hydrogen-bond acceptors (Lipinski definition) is 4. The Bertz CT molecular complexity index is 583. The predicted octanol–water partition coefficient (Wildman–Crippen LogP) is 4.34. The van der Waals surface area contributed by atoms with Crippen molar-refractivity contribution in [3.05, 3.63) is 52.2 Å². The summed E-state index contributed by atoms with van der Waals surface area (Å²) in [6.45, 7) is 9.34. The summed E-state index contributed by atoms with van der Waals surface area (Å²) < 4.78 is 5.79. The Morgan fingerprint density at radius 2 is 2.00 bits per heavy atom. The van der Waals surface area contributed by atoms with Gasteiger partial charge in [-0.2, -0.15) is 11.3 Å². The highest BCUT2D eigenvalue weighted by Crippen LogP contribution is 2.17. The standard InChI is InChI=1S/C20H29NO2S/c1-16(2)8-10-21(12-18-9-11-24-15-18)13-19(22)14-23-20-7-5-4-6-17(20)3/h4-7,9,11,15-16,19,22H,8,10,12-14H2,1-3H3. The molecule has 0 saturated carbocycles. The van der Waals surface area contributed by atoms with Crippen molar-refractivity contribution in [2.24, 2.45) is 5.92 Å². The van der Waals surface area contributed by atoms with Gasteiger partial charge in [-0.1, -0.05) is 32.0 Å². The van der Waals surface area contributed by atoms with E-state index in [-0.39, 0.29) is 0 Å². The van der Waals surface area contributed by atoms with E-state index < -0.39 is 6.10 Å². The number of aliphatic hydroxyl groups excluding tert-OH is 1. The van der Waals surface area contributed by atoms with Gasteiger partial charge in [0.25, 0.3) is 0 Å². The predicted molar refractivity (Wildman–Crippen MR) is 102 cm³/mol. The molecule has 0 bridgehead atoms. The summed E-state index contributed by atoms with van der Waals surface area (Å²) in [5.74, 6) is 1.51. The van der Waals surface area contributed by atoms with E-state index in [1.807, 2.05) is 31.2 Å². The van der Waals surface area contributed by atoms with Crippen molar-refractivity contribution in [1.82, 2.24) is 4.90 Å². The summed E-state index contributed by atoms with van der Waals surface area (Å²) >= 11 is 1.72. The van der Waals surface area contributed by atoms with Gasteiger partial charge >= 0.3 is 0 Å². The second-order valence-corrected chi connectivity index (χ2v) is 7.56. The first-order chi connectivity index (χ1) is 11.5. The summed E-state index contributed by atoms with van der Waals surface area (Å²) in [5.41, 5.74) is 2.41. The van der Waals surface area contributed by atoms with Crippen LogP contribution in [-0.4, -0.2) is 35.8 Å². The number of ether oxygens (including phenoxy) is 1. The number of nitrogens with zero attached hydrogens (tertiary/aromatic N) is 1. The monoisotopic (exact) mass is 347 g/mol. The van der Waals surface area contributed by atoms with Crippen LogP contribution in [0.1, 0.15) is 31.4 Å². The second kappa shape index (κ2) is 9.82. The molecule has 1 atom stereocenters. The van der Waals surface area contributed by atoms with E-state index in [1.165, 1.54) is 5.56 Å². The molecule has 0 saturated heterocycles. The fourth-order valence-electron chi connectivity index (χ4n) is 2.57. The minimum Gasteiger partial charge on any atom is -0.491 e. The van der Waals surface area contributed by atoms with Crippen LogP contribution in [-0.2, 0) is 6.54 Å². The number of hydrogen-bond donors (Lipinski definition) is 1. The zero-order chi connectivity index (χ0) is 17.4. The molecule has 132 valence electrons. The van der Waals surface area contributed by atoms with E-state index in [9.17, 15) is 5.11 Å². The van der Waals surface area contributed by atoms with Gasteiger partial charge in [-0.15, -0.1) is 0 Å². The number of para-hydroxylation sites is 1. The molecule has 0 aliphatic heterocycles. The maximum atomic E-state index is 10.4. The second-order valence-electron chi connectivity index (χ2n) is 6.78. The lowest BCUT2D eigenvalue weighted by atomic mass is 10.1. The summed E-state index contributed by atoms with van der Waals surface area (Å²) in [6, 6.07) is 10.1. The number of aliphatic hydroxyl groups is 1. The number of aryl methyl sites for hydroxylation is 1. The lowest BCUT2D eigenvalue weighted by molar-refractivity contribution is 0.0637. The third kappa shape index (κ3) is 6.63. The van der Waals surface area contributed by atoms with Crippen LogP contribution < -0.4 is 4.74 Å². The van der Waals surface area contributed by atoms with Crippen LogP contribution in [0, 0.1) is 12.8 Å². The molecular weight excluding hydrogens is 318 g/mol. The SMILES string of the molecule is Cc1ccccc1OCC(O)CN(CCC(C)C)Cc1ccsc1. The molecule has 0 radical (unpaired) electrons. The average Bonchev–Trinajstić information content (AvgIpc) is 3.05. The van der Waals surface area contributed by atoms with Crippen molar-refractivity contribution in [2.75, 3.05) is 19.7 Å². The first-order valence-electron chi connectivity index (χ1n) is 8.64. The van der Waals surface area contributed by atoms with E-state index in [0.29, 0.717) is 19.1 Å². The molecule has 0 amide bonds. The number of thiophene rings is 1. The minimum absolute atomic E-state index is 0.326. The average molecular weight is 348 g/mol. The molecular formula is C20H29NO2S. The van der Waals surface area contributed by atoms with Crippen LogP contribution in [0.4, 0.5) is 0 Å². The zero-order valence-corrected chi connectivity index (χ0v) is 15.8. The fourth-order valence-corrected chi connectivity index (χ4v) is 3.23. The molecule has 1 heterocycles. The molecule has 2 rings (SSSR count). The van der Waals surface area contributed by atoms with Gasteiger partial charge < -0.3 is 9.84 Å². The van der Waals surface area contributed by atoms with Crippen LogP contribution in [0.15, 0.2) is 41.1 Å². The maximum absolute atomic E-state index is 10.4. The van der Waals surface area contributed by atoms with Crippen LogP contribution in [0.5, 0.6) is 5.75 Å². The molecule has 0 aliphatic carbocycles. The van der Waals surface area contributed by atoms with E-state index in [0.717, 1.165) is 30.8 Å². The quantitative estimate of drug-likeness (QED) is 0.694. The van der Waals surface area contributed by atoms with Gasteiger partial charge in [-0.3, -0.25) is 4.90 Å². The van der Waals surface area contributed by atoms with Gasteiger partial charge in [0.05, 0.1) is 0 Å². The van der Waals surface area contributed by atoms with E-state index in [4.69, 9.17) is 4.74 Å². The Kier molecular flexibility index (Phi) is 7.76. The molecule has 0 aliphatic rings. The third-order valence-corrected chi connectivity index (χ3v) is 4.73. The van der Waals surface area contributed by atoms with E-state index >= 15 is 0 Å². The van der Waals surface area contributed by atoms with Crippen LogP contribution in [0.2, 0.25) is 0 Å².